The number of hydrogen-bond acceptors (Lipinski definition) is 3. The molecule has 0 heterocycles. The molecule has 0 aliphatic carbocycles. The predicted molar refractivity (Wildman–Crippen MR) is 79.4 cm³/mol. The number of hydrogen-bond donors (Lipinski definition) is 1. The summed E-state index contributed by atoms with van der Waals surface area (Å²) in [5.74, 6) is 1.47. The maximum atomic E-state index is 10.3. The predicted octanol–water partition coefficient (Wildman–Crippen LogP) is 4.04. The molecule has 0 bridgehead atoms. The van der Waals surface area contributed by atoms with Gasteiger partial charge in [0, 0.05) is 16.1 Å². The summed E-state index contributed by atoms with van der Waals surface area (Å²) in [6, 6.07) is 7.73. The van der Waals surface area contributed by atoms with Gasteiger partial charge in [0.25, 0.3) is 0 Å². The minimum Gasteiger partial charge on any atom is -0.491 e. The van der Waals surface area contributed by atoms with E-state index in [9.17, 15) is 5.11 Å². The van der Waals surface area contributed by atoms with E-state index in [1.54, 1.807) is 11.8 Å². The van der Waals surface area contributed by atoms with Crippen LogP contribution in [-0.4, -0.2) is 21.7 Å². The largest absolute Gasteiger partial charge is 0.491 e. The monoisotopic (exact) mass is 268 g/mol. The second-order valence-corrected chi connectivity index (χ2v) is 7.49. The molecule has 102 valence electrons. The van der Waals surface area contributed by atoms with Crippen molar-refractivity contribution in [3.05, 3.63) is 29.8 Å². The zero-order valence-corrected chi connectivity index (χ0v) is 12.8. The number of aliphatic hydroxyl groups excluding tert-OH is 1. The van der Waals surface area contributed by atoms with Gasteiger partial charge in [-0.1, -0.05) is 39.0 Å². The second kappa shape index (κ2) is 6.48. The lowest BCUT2D eigenvalue weighted by Crippen LogP contribution is -2.14. The van der Waals surface area contributed by atoms with Crippen molar-refractivity contribution in [2.45, 2.75) is 51.6 Å². The van der Waals surface area contributed by atoms with Gasteiger partial charge in [-0.05, 0) is 19.9 Å². The number of aliphatic hydroxyl groups is 1. The molecule has 0 amide bonds. The van der Waals surface area contributed by atoms with Crippen molar-refractivity contribution in [3.8, 4) is 5.75 Å². The number of ether oxygens (including phenoxy) is 1. The van der Waals surface area contributed by atoms with E-state index in [-0.39, 0.29) is 10.9 Å². The Balaban J connectivity index is 2.75. The second-order valence-electron chi connectivity index (χ2n) is 5.64. The Labute approximate surface area is 115 Å². The molecule has 0 aromatic heterocycles. The summed E-state index contributed by atoms with van der Waals surface area (Å²) in [6.45, 7) is 10.4. The molecule has 1 N–H and O–H groups in total. The molecule has 18 heavy (non-hydrogen) atoms. The summed E-state index contributed by atoms with van der Waals surface area (Å²) in [5.41, 5.74) is 0.878. The highest BCUT2D eigenvalue weighted by atomic mass is 32.2. The van der Waals surface area contributed by atoms with Crippen LogP contribution in [0.1, 0.15) is 46.3 Å². The van der Waals surface area contributed by atoms with Crippen LogP contribution in [0.15, 0.2) is 24.3 Å². The van der Waals surface area contributed by atoms with Gasteiger partial charge < -0.3 is 9.84 Å². The summed E-state index contributed by atoms with van der Waals surface area (Å²) in [4.78, 5) is 0. The molecule has 0 spiro atoms. The van der Waals surface area contributed by atoms with Gasteiger partial charge in [-0.25, -0.2) is 0 Å². The third-order valence-corrected chi connectivity index (χ3v) is 3.66. The van der Waals surface area contributed by atoms with Crippen molar-refractivity contribution in [1.82, 2.24) is 0 Å². The van der Waals surface area contributed by atoms with Crippen LogP contribution in [-0.2, 0) is 0 Å². The molecule has 1 rings (SSSR count). The molecule has 2 nitrogen and oxygen atoms in total. The highest BCUT2D eigenvalue weighted by molar-refractivity contribution is 8.00. The molecule has 3 heteroatoms. The maximum Gasteiger partial charge on any atom is 0.125 e. The fourth-order valence-corrected chi connectivity index (χ4v) is 2.37. The van der Waals surface area contributed by atoms with E-state index in [0.717, 1.165) is 11.3 Å². The first kappa shape index (κ1) is 15.4. The van der Waals surface area contributed by atoms with Crippen LogP contribution in [0.25, 0.3) is 0 Å². The molecule has 0 fully saturated rings. The molecule has 0 saturated heterocycles. The topological polar surface area (TPSA) is 29.5 Å². The average molecular weight is 268 g/mol. The van der Waals surface area contributed by atoms with E-state index in [4.69, 9.17) is 4.74 Å². The van der Waals surface area contributed by atoms with Gasteiger partial charge in [0.2, 0.25) is 0 Å². The van der Waals surface area contributed by atoms with Gasteiger partial charge in [-0.15, -0.1) is 0 Å². The van der Waals surface area contributed by atoms with Crippen LogP contribution in [0.2, 0.25) is 0 Å². The zero-order chi connectivity index (χ0) is 13.8. The van der Waals surface area contributed by atoms with E-state index in [1.165, 1.54) is 0 Å². The molecule has 1 unspecified atom stereocenters. The molecular weight excluding hydrogens is 244 g/mol. The van der Waals surface area contributed by atoms with Crippen molar-refractivity contribution in [1.29, 1.82) is 0 Å². The minimum atomic E-state index is -0.482. The Kier molecular flexibility index (Phi) is 5.54. The van der Waals surface area contributed by atoms with Crippen LogP contribution in [0.3, 0.4) is 0 Å². The molecule has 0 radical (unpaired) electrons. The molecule has 1 aromatic rings. The Morgan fingerprint density at radius 2 is 1.83 bits per heavy atom. The van der Waals surface area contributed by atoms with Gasteiger partial charge in [0.1, 0.15) is 5.75 Å². The van der Waals surface area contributed by atoms with Gasteiger partial charge >= 0.3 is 0 Å². The van der Waals surface area contributed by atoms with Crippen LogP contribution in [0.4, 0.5) is 0 Å². The smallest absolute Gasteiger partial charge is 0.125 e. The summed E-state index contributed by atoms with van der Waals surface area (Å²) >= 11 is 1.76. The molecule has 0 aliphatic heterocycles. The quantitative estimate of drug-likeness (QED) is 0.874. The lowest BCUT2D eigenvalue weighted by atomic mass is 10.1. The van der Waals surface area contributed by atoms with E-state index >= 15 is 0 Å². The van der Waals surface area contributed by atoms with E-state index in [1.807, 2.05) is 38.1 Å². The van der Waals surface area contributed by atoms with Crippen LogP contribution in [0.5, 0.6) is 5.75 Å². The normalized spacial score (nSPS) is 13.7. The molecule has 0 aliphatic rings. The highest BCUT2D eigenvalue weighted by Crippen LogP contribution is 2.32. The van der Waals surface area contributed by atoms with Crippen molar-refractivity contribution in [2.24, 2.45) is 0 Å². The molecule has 1 aromatic carbocycles. The fraction of sp³-hybridized carbons (Fsp3) is 0.600. The van der Waals surface area contributed by atoms with E-state index < -0.39 is 6.10 Å². The minimum absolute atomic E-state index is 0.119. The van der Waals surface area contributed by atoms with Gasteiger partial charge in [0.15, 0.2) is 0 Å². The Morgan fingerprint density at radius 1 is 1.22 bits per heavy atom. The zero-order valence-electron chi connectivity index (χ0n) is 11.9. The van der Waals surface area contributed by atoms with Gasteiger partial charge in [0.05, 0.1) is 12.2 Å². The first-order valence-corrected chi connectivity index (χ1v) is 7.36. The van der Waals surface area contributed by atoms with Crippen LogP contribution >= 0.6 is 11.8 Å². The summed E-state index contributed by atoms with van der Waals surface area (Å²) in [5, 5.41) is 10.3. The van der Waals surface area contributed by atoms with Gasteiger partial charge in [-0.3, -0.25) is 0 Å². The van der Waals surface area contributed by atoms with Gasteiger partial charge in [-0.2, -0.15) is 11.8 Å². The van der Waals surface area contributed by atoms with Crippen molar-refractivity contribution >= 4 is 11.8 Å². The van der Waals surface area contributed by atoms with E-state index in [2.05, 4.69) is 20.8 Å². The third kappa shape index (κ3) is 5.32. The summed E-state index contributed by atoms with van der Waals surface area (Å²) < 4.78 is 5.89. The first-order valence-electron chi connectivity index (χ1n) is 6.37. The third-order valence-electron chi connectivity index (χ3n) is 2.31. The molecule has 0 saturated carbocycles. The number of benzene rings is 1. The van der Waals surface area contributed by atoms with Crippen molar-refractivity contribution < 1.29 is 9.84 Å². The number of rotatable bonds is 5. The molecular formula is C15H24O2S. The Hall–Kier alpha value is -0.670. The first-order chi connectivity index (χ1) is 8.29. The Bertz CT molecular complexity index is 369. The molecule has 1 atom stereocenters. The van der Waals surface area contributed by atoms with Crippen molar-refractivity contribution in [2.75, 3.05) is 5.75 Å². The number of thioether (sulfide) groups is 1. The van der Waals surface area contributed by atoms with Crippen molar-refractivity contribution in [3.63, 3.8) is 0 Å². The number of para-hydroxylation sites is 1. The van der Waals surface area contributed by atoms with Crippen LogP contribution < -0.4 is 4.74 Å². The maximum absolute atomic E-state index is 10.3. The lowest BCUT2D eigenvalue weighted by Gasteiger charge is -2.22. The standard InChI is InChI=1S/C15H24O2S/c1-11(2)17-14-9-7-6-8-12(14)13(16)10-18-15(3,4)5/h6-9,11,13,16H,10H2,1-5H3. The van der Waals surface area contributed by atoms with E-state index in [0.29, 0.717) is 5.75 Å². The lowest BCUT2D eigenvalue weighted by molar-refractivity contribution is 0.186. The van der Waals surface area contributed by atoms with Crippen LogP contribution in [0, 0.1) is 0 Å². The highest BCUT2D eigenvalue weighted by Gasteiger charge is 2.18. The average Bonchev–Trinajstić information content (AvgIpc) is 2.25. The summed E-state index contributed by atoms with van der Waals surface area (Å²) in [7, 11) is 0. The SMILES string of the molecule is CC(C)Oc1ccccc1C(O)CSC(C)(C)C. The Morgan fingerprint density at radius 3 is 2.39 bits per heavy atom. The summed E-state index contributed by atoms with van der Waals surface area (Å²) in [6.07, 6.45) is -0.363. The fourth-order valence-electron chi connectivity index (χ4n) is 1.54.